The number of benzene rings is 2. The summed E-state index contributed by atoms with van der Waals surface area (Å²) in [6.07, 6.45) is 0.449. The number of ether oxygens (including phenoxy) is 1. The van der Waals surface area contributed by atoms with Gasteiger partial charge in [0.2, 0.25) is 0 Å². The third kappa shape index (κ3) is 5.20. The fraction of sp³-hybridized carbons (Fsp3) is 0.520. The van der Waals surface area contributed by atoms with E-state index in [1.165, 1.54) is 37.0 Å². The number of hydrogen-bond donors (Lipinski definition) is 0. The Morgan fingerprint density at radius 3 is 2.32 bits per heavy atom. The average Bonchev–Trinajstić information content (AvgIpc) is 2.71. The molecular weight excluding hydrogens is 423 g/mol. The summed E-state index contributed by atoms with van der Waals surface area (Å²) in [5.41, 5.74) is 0.939. The van der Waals surface area contributed by atoms with Gasteiger partial charge in [-0.15, -0.1) is 0 Å². The number of piperidine rings is 1. The first-order valence-electron chi connectivity index (χ1n) is 11.0. The standard InChI is InChI=1S/C25H29ClF3NO/c1-18-11-14-30(17-24(12-2-13-24)20-3-7-22(26)8-4-20)15-19(18)16-31-23-9-5-21(6-10-23)25(27,28)29/h3-10,18-19H,2,11-17H2,1H3. The van der Waals surface area contributed by atoms with Gasteiger partial charge < -0.3 is 9.64 Å². The lowest BCUT2D eigenvalue weighted by atomic mass is 9.64. The molecule has 2 fully saturated rings. The van der Waals surface area contributed by atoms with Crippen molar-refractivity contribution in [2.24, 2.45) is 11.8 Å². The maximum Gasteiger partial charge on any atom is 0.416 e. The quantitative estimate of drug-likeness (QED) is 0.478. The van der Waals surface area contributed by atoms with Gasteiger partial charge in [-0.25, -0.2) is 0 Å². The summed E-state index contributed by atoms with van der Waals surface area (Å²) >= 11 is 6.09. The summed E-state index contributed by atoms with van der Waals surface area (Å²) in [5.74, 6) is 1.38. The Labute approximate surface area is 187 Å². The van der Waals surface area contributed by atoms with Gasteiger partial charge in [0.15, 0.2) is 0 Å². The number of hydrogen-bond acceptors (Lipinski definition) is 2. The smallest absolute Gasteiger partial charge is 0.416 e. The molecule has 2 atom stereocenters. The Bertz CT molecular complexity index is 862. The summed E-state index contributed by atoms with van der Waals surface area (Å²) in [6.45, 7) is 5.84. The summed E-state index contributed by atoms with van der Waals surface area (Å²) in [4.78, 5) is 2.55. The monoisotopic (exact) mass is 451 g/mol. The van der Waals surface area contributed by atoms with Crippen LogP contribution in [-0.2, 0) is 11.6 Å². The maximum atomic E-state index is 12.7. The Kier molecular flexibility index (Phi) is 6.55. The highest BCUT2D eigenvalue weighted by molar-refractivity contribution is 6.30. The molecule has 2 nitrogen and oxygen atoms in total. The van der Waals surface area contributed by atoms with Crippen LogP contribution in [0.3, 0.4) is 0 Å². The van der Waals surface area contributed by atoms with E-state index in [9.17, 15) is 13.2 Å². The molecule has 0 amide bonds. The first kappa shape index (κ1) is 22.5. The molecule has 2 aliphatic rings. The molecule has 0 N–H and O–H groups in total. The molecule has 1 saturated carbocycles. The minimum absolute atomic E-state index is 0.212. The molecule has 1 aliphatic carbocycles. The molecule has 1 aliphatic heterocycles. The van der Waals surface area contributed by atoms with Crippen LogP contribution in [0.25, 0.3) is 0 Å². The van der Waals surface area contributed by atoms with Crippen molar-refractivity contribution in [3.05, 3.63) is 64.7 Å². The lowest BCUT2D eigenvalue weighted by molar-refractivity contribution is -0.137. The van der Waals surface area contributed by atoms with E-state index in [1.54, 1.807) is 0 Å². The van der Waals surface area contributed by atoms with Gasteiger partial charge >= 0.3 is 6.18 Å². The minimum atomic E-state index is -4.32. The Balaban J connectivity index is 1.36. The molecule has 0 radical (unpaired) electrons. The van der Waals surface area contributed by atoms with Crippen molar-refractivity contribution in [2.45, 2.75) is 44.2 Å². The van der Waals surface area contributed by atoms with Gasteiger partial charge in [-0.05, 0) is 73.7 Å². The van der Waals surface area contributed by atoms with Crippen molar-refractivity contribution in [3.8, 4) is 5.75 Å². The van der Waals surface area contributed by atoms with Crippen LogP contribution in [0.4, 0.5) is 13.2 Å². The van der Waals surface area contributed by atoms with E-state index in [0.717, 1.165) is 43.2 Å². The van der Waals surface area contributed by atoms with Crippen LogP contribution in [-0.4, -0.2) is 31.1 Å². The predicted octanol–water partition coefficient (Wildman–Crippen LogP) is 6.82. The van der Waals surface area contributed by atoms with Gasteiger partial charge in [0.1, 0.15) is 5.75 Å². The van der Waals surface area contributed by atoms with Gasteiger partial charge in [-0.2, -0.15) is 13.2 Å². The van der Waals surface area contributed by atoms with Crippen molar-refractivity contribution in [1.29, 1.82) is 0 Å². The molecule has 2 aromatic carbocycles. The van der Waals surface area contributed by atoms with E-state index in [-0.39, 0.29) is 5.41 Å². The number of alkyl halides is 3. The topological polar surface area (TPSA) is 12.5 Å². The number of rotatable bonds is 6. The lowest BCUT2D eigenvalue weighted by Gasteiger charge is -2.48. The van der Waals surface area contributed by atoms with Gasteiger partial charge in [0, 0.05) is 29.4 Å². The van der Waals surface area contributed by atoms with Crippen molar-refractivity contribution in [2.75, 3.05) is 26.2 Å². The Morgan fingerprint density at radius 2 is 1.74 bits per heavy atom. The summed E-state index contributed by atoms with van der Waals surface area (Å²) < 4.78 is 44.1. The Morgan fingerprint density at radius 1 is 1.06 bits per heavy atom. The van der Waals surface area contributed by atoms with E-state index < -0.39 is 11.7 Å². The van der Waals surface area contributed by atoms with E-state index in [2.05, 4.69) is 24.0 Å². The van der Waals surface area contributed by atoms with Crippen LogP contribution in [0.2, 0.25) is 5.02 Å². The highest BCUT2D eigenvalue weighted by Gasteiger charge is 2.41. The summed E-state index contributed by atoms with van der Waals surface area (Å²) in [7, 11) is 0. The second kappa shape index (κ2) is 9.03. The first-order valence-corrected chi connectivity index (χ1v) is 11.4. The zero-order chi connectivity index (χ0) is 22.1. The van der Waals surface area contributed by atoms with Crippen molar-refractivity contribution < 1.29 is 17.9 Å². The third-order valence-corrected chi connectivity index (χ3v) is 7.39. The zero-order valence-corrected chi connectivity index (χ0v) is 18.6. The molecule has 168 valence electrons. The van der Waals surface area contributed by atoms with Gasteiger partial charge in [0.25, 0.3) is 0 Å². The number of halogens is 4. The highest BCUT2D eigenvalue weighted by atomic mass is 35.5. The lowest BCUT2D eigenvalue weighted by Crippen LogP contribution is -2.50. The fourth-order valence-electron chi connectivity index (χ4n) is 4.90. The molecule has 2 aromatic rings. The van der Waals surface area contributed by atoms with E-state index >= 15 is 0 Å². The van der Waals surface area contributed by atoms with E-state index in [1.807, 2.05) is 12.1 Å². The predicted molar refractivity (Wildman–Crippen MR) is 118 cm³/mol. The molecule has 0 spiro atoms. The first-order chi connectivity index (χ1) is 14.7. The molecular formula is C25H29ClF3NO. The summed E-state index contributed by atoms with van der Waals surface area (Å²) in [6, 6.07) is 13.3. The average molecular weight is 452 g/mol. The van der Waals surface area contributed by atoms with Crippen LogP contribution >= 0.6 is 11.6 Å². The van der Waals surface area contributed by atoms with Crippen LogP contribution in [0.15, 0.2) is 48.5 Å². The van der Waals surface area contributed by atoms with E-state index in [4.69, 9.17) is 16.3 Å². The third-order valence-electron chi connectivity index (χ3n) is 7.14. The molecule has 2 unspecified atom stereocenters. The maximum absolute atomic E-state index is 12.7. The minimum Gasteiger partial charge on any atom is -0.493 e. The largest absolute Gasteiger partial charge is 0.493 e. The van der Waals surface area contributed by atoms with Crippen LogP contribution in [0.1, 0.15) is 43.7 Å². The molecule has 0 aromatic heterocycles. The highest BCUT2D eigenvalue weighted by Crippen LogP contribution is 2.45. The van der Waals surface area contributed by atoms with Gasteiger partial charge in [-0.1, -0.05) is 37.1 Å². The van der Waals surface area contributed by atoms with Gasteiger partial charge in [-0.3, -0.25) is 0 Å². The second-order valence-electron chi connectivity index (χ2n) is 9.24. The number of likely N-dealkylation sites (tertiary alicyclic amines) is 1. The van der Waals surface area contributed by atoms with E-state index in [0.29, 0.717) is 24.2 Å². The van der Waals surface area contributed by atoms with Crippen molar-refractivity contribution in [1.82, 2.24) is 4.90 Å². The Hall–Kier alpha value is -1.72. The number of nitrogens with zero attached hydrogens (tertiary/aromatic N) is 1. The molecule has 0 bridgehead atoms. The SMILES string of the molecule is CC1CCN(CC2(c3ccc(Cl)cc3)CCC2)CC1COc1ccc(C(F)(F)F)cc1. The van der Waals surface area contributed by atoms with Crippen molar-refractivity contribution >= 4 is 11.6 Å². The van der Waals surface area contributed by atoms with Crippen molar-refractivity contribution in [3.63, 3.8) is 0 Å². The molecule has 1 saturated heterocycles. The summed E-state index contributed by atoms with van der Waals surface area (Å²) in [5, 5.41) is 0.769. The van der Waals surface area contributed by atoms with Crippen LogP contribution in [0, 0.1) is 11.8 Å². The molecule has 6 heteroatoms. The van der Waals surface area contributed by atoms with Gasteiger partial charge in [0.05, 0.1) is 12.2 Å². The fourth-order valence-corrected chi connectivity index (χ4v) is 5.03. The van der Waals surface area contributed by atoms with Crippen LogP contribution < -0.4 is 4.74 Å². The molecule has 4 rings (SSSR count). The molecule has 31 heavy (non-hydrogen) atoms. The second-order valence-corrected chi connectivity index (χ2v) is 9.67. The zero-order valence-electron chi connectivity index (χ0n) is 17.8. The normalized spacial score (nSPS) is 23.9. The van der Waals surface area contributed by atoms with Crippen LogP contribution in [0.5, 0.6) is 5.75 Å². The molecule has 1 heterocycles.